The van der Waals surface area contributed by atoms with Crippen molar-refractivity contribution in [2.75, 3.05) is 32.1 Å². The number of Topliss-reactive ketones (excluding diaryl/α,β-unsaturated/α-hetero) is 3. The van der Waals surface area contributed by atoms with Gasteiger partial charge in [-0.05, 0) is 65.3 Å². The number of phenolic OH excluding ortho intramolecular Hbond substituents is 1. The van der Waals surface area contributed by atoms with Crippen LogP contribution in [0.25, 0.3) is 11.1 Å². The molecule has 1 aromatic heterocycles. The standard InChI is InChI=1S/C53H59N7O11S/c1-31(23-45(63)42(25-34-17-19-36(61)20-18-34)60-53(69)71-30-41-39-15-9-7-13-37(39)38-14-8-10-16-40(38)41)51(68)58-32(2)44(62)21-22-47(65)59-43(27-55-48(66)28-56-52-57-29-49(70-3)72-52)46(64)26-35(50(54)67)24-33-11-5-4-6-12-33/h4-20,29,31-32,35,41-43,61H,21-28,30H2,1-3H3,(H2,54,67)(H,55,66)(H,56,57)(H,58,68)(H,59,65)(H,60,69)/t31-,32+,35-,42+,43+/m1/s1. The van der Waals surface area contributed by atoms with E-state index in [2.05, 4.69) is 31.6 Å². The Bertz CT molecular complexity index is 2690. The number of ether oxygens (including phenoxy) is 2. The van der Waals surface area contributed by atoms with E-state index in [9.17, 15) is 43.5 Å². The Morgan fingerprint density at radius 2 is 1.33 bits per heavy atom. The van der Waals surface area contributed by atoms with Crippen molar-refractivity contribution in [2.24, 2.45) is 17.6 Å². The normalized spacial score (nSPS) is 13.7. The fourth-order valence-corrected chi connectivity index (χ4v) is 8.89. The van der Waals surface area contributed by atoms with Gasteiger partial charge in [0.25, 0.3) is 0 Å². The van der Waals surface area contributed by atoms with Crippen molar-refractivity contribution in [1.29, 1.82) is 0 Å². The molecule has 5 amide bonds. The minimum absolute atomic E-state index is 0.0134. The van der Waals surface area contributed by atoms with E-state index in [1.54, 1.807) is 42.5 Å². The van der Waals surface area contributed by atoms with Crippen LogP contribution < -0.4 is 37.1 Å². The highest BCUT2D eigenvalue weighted by Crippen LogP contribution is 2.44. The first-order chi connectivity index (χ1) is 34.6. The van der Waals surface area contributed by atoms with Gasteiger partial charge in [-0.2, -0.15) is 0 Å². The zero-order valence-corrected chi connectivity index (χ0v) is 41.0. The maximum Gasteiger partial charge on any atom is 0.407 e. The van der Waals surface area contributed by atoms with E-state index in [1.807, 2.05) is 48.5 Å². The minimum Gasteiger partial charge on any atom is -0.508 e. The van der Waals surface area contributed by atoms with Gasteiger partial charge >= 0.3 is 6.09 Å². The molecule has 18 nitrogen and oxygen atoms in total. The summed E-state index contributed by atoms with van der Waals surface area (Å²) in [5.41, 5.74) is 11.2. The van der Waals surface area contributed by atoms with Gasteiger partial charge in [0.2, 0.25) is 23.6 Å². The van der Waals surface area contributed by atoms with Crippen molar-refractivity contribution in [1.82, 2.24) is 26.3 Å². The van der Waals surface area contributed by atoms with E-state index in [0.717, 1.165) is 27.8 Å². The highest BCUT2D eigenvalue weighted by Gasteiger charge is 2.32. The van der Waals surface area contributed by atoms with Gasteiger partial charge in [0.05, 0.1) is 31.9 Å². The van der Waals surface area contributed by atoms with Gasteiger partial charge in [0, 0.05) is 50.0 Å². The molecule has 1 aliphatic carbocycles. The van der Waals surface area contributed by atoms with Gasteiger partial charge in [0.1, 0.15) is 18.4 Å². The number of rotatable bonds is 27. The van der Waals surface area contributed by atoms with Gasteiger partial charge in [0.15, 0.2) is 27.5 Å². The summed E-state index contributed by atoms with van der Waals surface area (Å²) in [5, 5.41) is 24.1. The van der Waals surface area contributed by atoms with Crippen LogP contribution in [-0.4, -0.2) is 102 Å². The van der Waals surface area contributed by atoms with Gasteiger partial charge < -0.3 is 46.9 Å². The lowest BCUT2D eigenvalue weighted by atomic mass is 9.91. The third-order valence-corrected chi connectivity index (χ3v) is 13.2. The molecule has 4 aromatic carbocycles. The van der Waals surface area contributed by atoms with E-state index in [1.165, 1.54) is 50.6 Å². The Morgan fingerprint density at radius 3 is 1.97 bits per heavy atom. The molecule has 0 saturated heterocycles. The summed E-state index contributed by atoms with van der Waals surface area (Å²) >= 11 is 1.18. The first kappa shape index (κ1) is 53.4. The highest BCUT2D eigenvalue weighted by molar-refractivity contribution is 7.17. The van der Waals surface area contributed by atoms with Crippen molar-refractivity contribution in [3.8, 4) is 21.9 Å². The van der Waals surface area contributed by atoms with Crippen molar-refractivity contribution >= 4 is 63.5 Å². The quantitative estimate of drug-likeness (QED) is 0.0374. The number of alkyl carbamates (subject to hydrolysis) is 1. The lowest BCUT2D eigenvalue weighted by molar-refractivity contribution is -0.133. The van der Waals surface area contributed by atoms with Gasteiger partial charge in [-0.1, -0.05) is 109 Å². The monoisotopic (exact) mass is 1000 g/mol. The van der Waals surface area contributed by atoms with Crippen molar-refractivity contribution in [2.45, 2.75) is 76.4 Å². The largest absolute Gasteiger partial charge is 0.508 e. The lowest BCUT2D eigenvalue weighted by Crippen LogP contribution is -2.50. The number of fused-ring (bicyclic) bond motifs is 3. The third-order valence-electron chi connectivity index (χ3n) is 12.3. The average molecular weight is 1000 g/mol. The zero-order valence-electron chi connectivity index (χ0n) is 40.2. The Morgan fingerprint density at radius 1 is 0.708 bits per heavy atom. The second-order valence-corrected chi connectivity index (χ2v) is 18.6. The van der Waals surface area contributed by atoms with Crippen molar-refractivity contribution < 1.29 is 52.9 Å². The fourth-order valence-electron chi connectivity index (χ4n) is 8.26. The SMILES string of the molecule is COc1cnc(NCC(=O)NC[C@H](NC(=O)CCC(=O)[C@H](C)NC(=O)[C@H](C)CC(=O)[C@H](Cc2ccc(O)cc2)NC(=O)OCC2c3ccccc3-c3ccccc32)C(=O)C[C@@H](Cc2ccccc2)C(N)=O)s1. The van der Waals surface area contributed by atoms with Crippen LogP contribution in [0.5, 0.6) is 10.8 Å². The number of amides is 5. The van der Waals surface area contributed by atoms with Crippen LogP contribution in [-0.2, 0) is 51.1 Å². The number of aromatic hydroxyl groups is 1. The minimum atomic E-state index is -1.29. The number of nitrogens with two attached hydrogens (primary N) is 1. The predicted molar refractivity (Wildman–Crippen MR) is 269 cm³/mol. The van der Waals surface area contributed by atoms with Crippen LogP contribution in [0.3, 0.4) is 0 Å². The van der Waals surface area contributed by atoms with E-state index >= 15 is 0 Å². The first-order valence-corrected chi connectivity index (χ1v) is 24.3. The predicted octanol–water partition coefficient (Wildman–Crippen LogP) is 4.77. The number of phenols is 1. The van der Waals surface area contributed by atoms with E-state index in [-0.39, 0.29) is 69.9 Å². The van der Waals surface area contributed by atoms with E-state index in [4.69, 9.17) is 15.2 Å². The first-order valence-electron chi connectivity index (χ1n) is 23.5. The number of hydrogen-bond donors (Lipinski definition) is 7. The molecule has 0 aliphatic heterocycles. The third kappa shape index (κ3) is 15.3. The molecule has 0 bridgehead atoms. The van der Waals surface area contributed by atoms with Gasteiger partial charge in [-0.3, -0.25) is 33.6 Å². The van der Waals surface area contributed by atoms with Crippen LogP contribution in [0.4, 0.5) is 9.93 Å². The summed E-state index contributed by atoms with van der Waals surface area (Å²) in [6, 6.07) is 27.4. The molecule has 378 valence electrons. The molecule has 0 fully saturated rings. The molecule has 0 unspecified atom stereocenters. The summed E-state index contributed by atoms with van der Waals surface area (Å²) in [7, 11) is 1.48. The maximum atomic E-state index is 13.9. The molecule has 0 radical (unpaired) electrons. The number of benzene rings is 4. The maximum absolute atomic E-state index is 13.9. The number of nitrogens with one attached hydrogen (secondary N) is 5. The molecule has 6 rings (SSSR count). The topological polar surface area (TPSA) is 274 Å². The fraction of sp³-hybridized carbons (Fsp3) is 0.340. The van der Waals surface area contributed by atoms with Crippen LogP contribution in [0.1, 0.15) is 67.7 Å². The Hall–Kier alpha value is -7.93. The number of hydrogen-bond acceptors (Lipinski definition) is 14. The molecule has 0 spiro atoms. The number of nitrogens with zero attached hydrogens (tertiary/aromatic N) is 1. The van der Waals surface area contributed by atoms with Crippen molar-refractivity contribution in [3.63, 3.8) is 0 Å². The number of aromatic nitrogens is 1. The molecule has 0 saturated carbocycles. The molecule has 19 heteroatoms. The van der Waals surface area contributed by atoms with Crippen LogP contribution in [0, 0.1) is 11.8 Å². The number of ketones is 3. The molecular weight excluding hydrogens is 943 g/mol. The number of carbonyl (C=O) groups is 8. The summed E-state index contributed by atoms with van der Waals surface area (Å²) in [6.45, 7) is 2.41. The number of primary amides is 1. The Kier molecular flexibility index (Phi) is 19.1. The number of anilines is 1. The second kappa shape index (κ2) is 25.8. The molecule has 5 atom stereocenters. The Balaban J connectivity index is 1.01. The van der Waals surface area contributed by atoms with Crippen LogP contribution in [0.2, 0.25) is 0 Å². The van der Waals surface area contributed by atoms with E-state index < -0.39 is 77.0 Å². The van der Waals surface area contributed by atoms with E-state index in [0.29, 0.717) is 15.8 Å². The van der Waals surface area contributed by atoms with Crippen LogP contribution >= 0.6 is 11.3 Å². The second-order valence-electron chi connectivity index (χ2n) is 17.6. The molecule has 72 heavy (non-hydrogen) atoms. The van der Waals surface area contributed by atoms with Gasteiger partial charge in [-0.25, -0.2) is 9.78 Å². The van der Waals surface area contributed by atoms with Crippen molar-refractivity contribution in [3.05, 3.63) is 132 Å². The molecule has 1 heterocycles. The van der Waals surface area contributed by atoms with Gasteiger partial charge in [-0.15, -0.1) is 0 Å². The number of carbonyl (C=O) groups excluding carboxylic acids is 8. The lowest BCUT2D eigenvalue weighted by Gasteiger charge is -2.22. The summed E-state index contributed by atoms with van der Waals surface area (Å²) < 4.78 is 10.8. The number of thiazole rings is 1. The molecule has 5 aromatic rings. The highest BCUT2D eigenvalue weighted by atomic mass is 32.1. The molecule has 8 N–H and O–H groups in total. The molecule has 1 aliphatic rings. The summed E-state index contributed by atoms with van der Waals surface area (Å²) in [5.74, 6) is -6.20. The Labute approximate surface area is 420 Å². The van der Waals surface area contributed by atoms with Crippen LogP contribution in [0.15, 0.2) is 109 Å². The summed E-state index contributed by atoms with van der Waals surface area (Å²) in [4.78, 5) is 110. The smallest absolute Gasteiger partial charge is 0.407 e. The molecular formula is C53H59N7O11S. The number of methoxy groups -OCH3 is 1. The zero-order chi connectivity index (χ0) is 51.7. The summed E-state index contributed by atoms with van der Waals surface area (Å²) in [6.07, 6.45) is -0.521. The average Bonchev–Trinajstić information content (AvgIpc) is 3.98.